The van der Waals surface area contributed by atoms with Gasteiger partial charge in [0.1, 0.15) is 16.7 Å². The molecule has 0 saturated heterocycles. The molecule has 5 rings (SSSR count). The average molecular weight is 925 g/mol. The average Bonchev–Trinajstić information content (AvgIpc) is 3.59. The molecule has 15 nitrogen and oxygen atoms in total. The molecule has 0 atom stereocenters. The Labute approximate surface area is 390 Å². The molecule has 0 bridgehead atoms. The van der Waals surface area contributed by atoms with E-state index in [-0.39, 0.29) is 34.5 Å². The second-order valence-electron chi connectivity index (χ2n) is 18.0. The summed E-state index contributed by atoms with van der Waals surface area (Å²) in [5.41, 5.74) is 6.55. The Kier molecular flexibility index (Phi) is 18.2. The number of rotatable bonds is 26. The van der Waals surface area contributed by atoms with Gasteiger partial charge in [0.05, 0.1) is 10.3 Å². The van der Waals surface area contributed by atoms with Crippen LogP contribution in [0.2, 0.25) is 0 Å². The largest absolute Gasteiger partial charge is 0.744 e. The summed E-state index contributed by atoms with van der Waals surface area (Å²) in [7, 11) is -4.64. The van der Waals surface area contributed by atoms with Crippen LogP contribution in [0.3, 0.4) is 0 Å². The molecular formula is C50H68N8O7S. The van der Waals surface area contributed by atoms with Crippen LogP contribution in [0.25, 0.3) is 0 Å². The minimum absolute atomic E-state index is 0.0515. The van der Waals surface area contributed by atoms with E-state index in [1.807, 2.05) is 38.2 Å². The van der Waals surface area contributed by atoms with E-state index >= 15 is 0 Å². The van der Waals surface area contributed by atoms with Gasteiger partial charge in [-0.3, -0.25) is 14.6 Å². The number of nitrogens with one attached hydrogen (secondary N) is 4. The number of amides is 1. The van der Waals surface area contributed by atoms with E-state index in [1.54, 1.807) is 6.07 Å². The number of fused-ring (bicyclic) bond motifs is 2. The van der Waals surface area contributed by atoms with Gasteiger partial charge >= 0.3 is 11.7 Å². The summed E-state index contributed by atoms with van der Waals surface area (Å²) < 4.78 is 38.3. The number of carboxylic acids is 1. The number of hydrogen-bond donors (Lipinski definition) is 5. The summed E-state index contributed by atoms with van der Waals surface area (Å²) in [5, 5.41) is 17.7. The first kappa shape index (κ1) is 51.1. The van der Waals surface area contributed by atoms with Gasteiger partial charge in [-0.2, -0.15) is 14.5 Å². The Hall–Kier alpha value is -5.87. The zero-order chi connectivity index (χ0) is 47.9. The first-order valence-corrected chi connectivity index (χ1v) is 24.6. The lowest BCUT2D eigenvalue weighted by molar-refractivity contribution is -0.438. The normalized spacial score (nSPS) is 15.9. The number of aliphatic carboxylic acids is 1. The van der Waals surface area contributed by atoms with Crippen molar-refractivity contribution in [1.82, 2.24) is 20.3 Å². The number of benzene rings is 2. The number of nitrogens with zero attached hydrogens (tertiary/aromatic N) is 4. The molecule has 2 aliphatic rings. The van der Waals surface area contributed by atoms with Gasteiger partial charge in [-0.15, -0.1) is 0 Å². The van der Waals surface area contributed by atoms with E-state index in [9.17, 15) is 27.4 Å². The molecule has 0 fully saturated rings. The summed E-state index contributed by atoms with van der Waals surface area (Å²) in [6, 6.07) is 11.3. The highest BCUT2D eigenvalue weighted by molar-refractivity contribution is 7.85. The number of anilines is 3. The van der Waals surface area contributed by atoms with Crippen molar-refractivity contribution >= 4 is 51.0 Å². The molecule has 1 amide bonds. The number of carbonyl (C=O) groups excluding carboxylic acids is 1. The molecule has 0 unspecified atom stereocenters. The van der Waals surface area contributed by atoms with Crippen LogP contribution in [-0.4, -0.2) is 87.9 Å². The van der Waals surface area contributed by atoms with Crippen molar-refractivity contribution < 1.29 is 32.2 Å². The summed E-state index contributed by atoms with van der Waals surface area (Å²) in [5.74, 6) is -0.418. The molecule has 0 saturated carbocycles. The zero-order valence-corrected chi connectivity index (χ0v) is 40.2. The van der Waals surface area contributed by atoms with Crippen LogP contribution < -0.4 is 26.5 Å². The first-order chi connectivity index (χ1) is 31.4. The topological polar surface area (TPSA) is 213 Å². The lowest BCUT2D eigenvalue weighted by Crippen LogP contribution is -2.28. The number of unbranched alkanes of at least 4 members (excludes halogenated alkanes) is 5. The Balaban J connectivity index is 1.13. The molecule has 356 valence electrons. The molecule has 66 heavy (non-hydrogen) atoms. The minimum atomic E-state index is -4.64. The Bertz CT molecular complexity index is 2520. The predicted molar refractivity (Wildman–Crippen MR) is 261 cm³/mol. The fourth-order valence-corrected chi connectivity index (χ4v) is 9.05. The molecule has 3 aromatic rings. The number of aromatic nitrogens is 3. The Morgan fingerprint density at radius 1 is 0.833 bits per heavy atom. The van der Waals surface area contributed by atoms with E-state index in [4.69, 9.17) is 5.11 Å². The highest BCUT2D eigenvalue weighted by atomic mass is 32.2. The van der Waals surface area contributed by atoms with Gasteiger partial charge < -0.3 is 30.5 Å². The number of aromatic amines is 1. The van der Waals surface area contributed by atoms with E-state index in [0.717, 1.165) is 62.0 Å². The third-order valence-electron chi connectivity index (χ3n) is 12.1. The van der Waals surface area contributed by atoms with Gasteiger partial charge in [-0.25, -0.2) is 13.2 Å². The summed E-state index contributed by atoms with van der Waals surface area (Å²) in [4.78, 5) is 48.2. The highest BCUT2D eigenvalue weighted by Gasteiger charge is 2.44. The van der Waals surface area contributed by atoms with Crippen molar-refractivity contribution in [3.8, 4) is 0 Å². The van der Waals surface area contributed by atoms with Gasteiger partial charge in [0, 0.05) is 79.9 Å². The van der Waals surface area contributed by atoms with Crippen molar-refractivity contribution in [2.24, 2.45) is 0 Å². The molecule has 2 aliphatic heterocycles. The van der Waals surface area contributed by atoms with Crippen molar-refractivity contribution in [1.29, 1.82) is 0 Å². The molecule has 0 radical (unpaired) electrons. The van der Waals surface area contributed by atoms with E-state index in [0.29, 0.717) is 51.9 Å². The molecule has 5 N–H and O–H groups in total. The van der Waals surface area contributed by atoms with Gasteiger partial charge in [-0.05, 0) is 89.1 Å². The first-order valence-electron chi connectivity index (χ1n) is 23.2. The highest BCUT2D eigenvalue weighted by Crippen LogP contribution is 2.48. The lowest BCUT2D eigenvalue weighted by Gasteiger charge is -2.27. The minimum Gasteiger partial charge on any atom is -0.744 e. The van der Waals surface area contributed by atoms with Gasteiger partial charge in [0.2, 0.25) is 23.5 Å². The molecule has 1 aromatic heterocycles. The van der Waals surface area contributed by atoms with Crippen molar-refractivity contribution in [3.05, 3.63) is 112 Å². The van der Waals surface area contributed by atoms with Crippen LogP contribution in [0.1, 0.15) is 122 Å². The van der Waals surface area contributed by atoms with Gasteiger partial charge in [0.25, 0.3) is 0 Å². The number of H-pyrrole nitrogens is 1. The van der Waals surface area contributed by atoms with E-state index < -0.39 is 27.2 Å². The van der Waals surface area contributed by atoms with Crippen LogP contribution in [0.4, 0.5) is 23.3 Å². The third-order valence-corrected chi connectivity index (χ3v) is 13.0. The van der Waals surface area contributed by atoms with Crippen LogP contribution >= 0.6 is 0 Å². The van der Waals surface area contributed by atoms with E-state index in [2.05, 4.69) is 104 Å². The van der Waals surface area contributed by atoms with Crippen LogP contribution in [0.5, 0.6) is 0 Å². The number of allylic oxidation sites excluding steroid dienone is 8. The predicted octanol–water partition coefficient (Wildman–Crippen LogP) is 8.14. The molecule has 3 heterocycles. The molecule has 2 aromatic carbocycles. The fraction of sp³-hybridized carbons (Fsp3) is 0.480. The van der Waals surface area contributed by atoms with Crippen molar-refractivity contribution in [3.63, 3.8) is 0 Å². The van der Waals surface area contributed by atoms with Gasteiger partial charge in [0.15, 0.2) is 5.71 Å². The molecule has 16 heteroatoms. The number of carboxylic acid groups (broad SMARTS) is 1. The van der Waals surface area contributed by atoms with Crippen molar-refractivity contribution in [2.75, 3.05) is 48.3 Å². The second kappa shape index (κ2) is 23.5. The third kappa shape index (κ3) is 13.8. The van der Waals surface area contributed by atoms with E-state index in [1.165, 1.54) is 34.6 Å². The molecular weight excluding hydrogens is 857 g/mol. The summed E-state index contributed by atoms with van der Waals surface area (Å²) >= 11 is 0. The maximum Gasteiger partial charge on any atom is 0.350 e. The lowest BCUT2D eigenvalue weighted by atomic mass is 9.81. The maximum atomic E-state index is 12.7. The van der Waals surface area contributed by atoms with Crippen LogP contribution in [0, 0.1) is 6.92 Å². The number of hydrogen-bond acceptors (Lipinski definition) is 11. The van der Waals surface area contributed by atoms with Gasteiger partial charge in [-0.1, -0.05) is 81.7 Å². The number of aryl methyl sites for hydroxylation is 1. The second-order valence-corrected chi connectivity index (χ2v) is 19.4. The quantitative estimate of drug-likeness (QED) is 0.0224. The summed E-state index contributed by atoms with van der Waals surface area (Å²) in [6.07, 6.45) is 22.0. The fourth-order valence-electron chi connectivity index (χ4n) is 8.55. The Morgan fingerprint density at radius 2 is 1.56 bits per heavy atom. The SMILES string of the molecule is CCCCN1C(=CC=CC=CC=CC2=[N+](CCCCCC(=O)NCCCNc3nc(NCCCCCC(=O)O)[nH]c(=O)n3)c3ccc(S(=O)(=O)[O-])cc3C2(C)C)C(C)(C)c2cc(C)ccc21. The van der Waals surface area contributed by atoms with Crippen LogP contribution in [0.15, 0.2) is 94.3 Å². The number of carbonyl (C=O) groups is 2. The molecule has 0 spiro atoms. The zero-order valence-electron chi connectivity index (χ0n) is 39.4. The van der Waals surface area contributed by atoms with Crippen molar-refractivity contribution in [2.45, 2.75) is 128 Å². The smallest absolute Gasteiger partial charge is 0.350 e. The monoisotopic (exact) mass is 924 g/mol. The van der Waals surface area contributed by atoms with Crippen LogP contribution in [-0.2, 0) is 30.5 Å². The Morgan fingerprint density at radius 3 is 2.32 bits per heavy atom. The maximum absolute atomic E-state index is 12.7. The standard InChI is InChI=1S/C50H68N8O7S/c1-7-8-32-57-40-27-25-36(2)34-38(40)49(3,4)42(57)21-14-10-9-11-15-22-43-50(5,6)39-35-37(66(63,64)65)26-28-41(39)58(43)33-19-13-16-23-44(59)51-30-20-31-53-47-54-46(55-48(62)56-47)52-29-18-12-17-24-45(60)61/h9-11,14-15,21-22,25-28,34-35H,7-8,12-13,16-20,23-24,29-33H2,1-6H3,(H5-,51,52,53,54,55,56,59,60,61,62,63,64,65). The summed E-state index contributed by atoms with van der Waals surface area (Å²) in [6.45, 7) is 16.0. The molecule has 0 aliphatic carbocycles.